The molecule has 2 N–H and O–H groups in total. The van der Waals surface area contributed by atoms with Gasteiger partial charge in [-0.1, -0.05) is 0 Å². The smallest absolute Gasteiger partial charge is 0.354 e. The van der Waals surface area contributed by atoms with Crippen molar-refractivity contribution in [3.05, 3.63) is 17.7 Å². The second kappa shape index (κ2) is 3.91. The molecule has 0 radical (unpaired) electrons. The lowest BCUT2D eigenvalue weighted by Crippen LogP contribution is -2.28. The van der Waals surface area contributed by atoms with Gasteiger partial charge >= 0.3 is 5.97 Å². The van der Waals surface area contributed by atoms with Gasteiger partial charge in [0, 0.05) is 13.6 Å². The molecule has 0 aliphatic carbocycles. The van der Waals surface area contributed by atoms with Gasteiger partial charge in [-0.15, -0.1) is 0 Å². The number of aromatic amines is 1. The molecule has 0 saturated heterocycles. The summed E-state index contributed by atoms with van der Waals surface area (Å²) in [6, 6.07) is 0. The molecule has 0 aliphatic rings. The molecule has 0 aliphatic heterocycles. The highest BCUT2D eigenvalue weighted by molar-refractivity contribution is 6.02. The standard InChI is InChI=1S/C8H11N3O3/c1-3-11(2)7(12)5-6(8(13)14)10-4-9-5/h4H,3H2,1-2H3,(H,9,10)(H,13,14). The van der Waals surface area contributed by atoms with Gasteiger partial charge in [-0.05, 0) is 6.92 Å². The lowest BCUT2D eigenvalue weighted by atomic mass is 10.3. The number of aromatic carboxylic acids is 1. The molecular weight excluding hydrogens is 186 g/mol. The highest BCUT2D eigenvalue weighted by Crippen LogP contribution is 2.05. The van der Waals surface area contributed by atoms with Crippen LogP contribution in [-0.4, -0.2) is 45.4 Å². The van der Waals surface area contributed by atoms with Crippen molar-refractivity contribution >= 4 is 11.9 Å². The van der Waals surface area contributed by atoms with Crippen molar-refractivity contribution in [2.45, 2.75) is 6.92 Å². The number of hydrogen-bond donors (Lipinski definition) is 2. The molecule has 14 heavy (non-hydrogen) atoms. The molecule has 1 heterocycles. The quantitative estimate of drug-likeness (QED) is 0.724. The zero-order valence-electron chi connectivity index (χ0n) is 7.94. The fraction of sp³-hybridized carbons (Fsp3) is 0.375. The summed E-state index contributed by atoms with van der Waals surface area (Å²) < 4.78 is 0. The van der Waals surface area contributed by atoms with Gasteiger partial charge < -0.3 is 15.0 Å². The number of carboxylic acids is 1. The van der Waals surface area contributed by atoms with E-state index in [4.69, 9.17) is 5.11 Å². The molecule has 6 nitrogen and oxygen atoms in total. The maximum absolute atomic E-state index is 11.5. The number of aromatic nitrogens is 2. The molecular formula is C8H11N3O3. The van der Waals surface area contributed by atoms with Crippen molar-refractivity contribution in [3.8, 4) is 0 Å². The minimum atomic E-state index is -1.18. The molecule has 1 aromatic heterocycles. The second-order valence-electron chi connectivity index (χ2n) is 2.75. The number of rotatable bonds is 3. The summed E-state index contributed by atoms with van der Waals surface area (Å²) >= 11 is 0. The number of imidazole rings is 1. The third-order valence-electron chi connectivity index (χ3n) is 1.88. The number of H-pyrrole nitrogens is 1. The molecule has 0 fully saturated rings. The van der Waals surface area contributed by atoms with Crippen molar-refractivity contribution in [3.63, 3.8) is 0 Å². The van der Waals surface area contributed by atoms with Gasteiger partial charge in [-0.25, -0.2) is 9.78 Å². The molecule has 0 aromatic carbocycles. The lowest BCUT2D eigenvalue weighted by Gasteiger charge is -2.12. The summed E-state index contributed by atoms with van der Waals surface area (Å²) in [4.78, 5) is 29.7. The zero-order valence-corrected chi connectivity index (χ0v) is 7.94. The Labute approximate surface area is 80.6 Å². The van der Waals surface area contributed by atoms with Gasteiger partial charge in [0.05, 0.1) is 6.33 Å². The van der Waals surface area contributed by atoms with Crippen molar-refractivity contribution in [1.82, 2.24) is 14.9 Å². The zero-order chi connectivity index (χ0) is 10.7. The van der Waals surface area contributed by atoms with Crippen LogP contribution in [0.25, 0.3) is 0 Å². The fourth-order valence-corrected chi connectivity index (χ4v) is 0.944. The Morgan fingerprint density at radius 1 is 1.64 bits per heavy atom. The predicted molar refractivity (Wildman–Crippen MR) is 48.2 cm³/mol. The molecule has 1 rings (SSSR count). The van der Waals surface area contributed by atoms with Gasteiger partial charge in [0.2, 0.25) is 0 Å². The van der Waals surface area contributed by atoms with Gasteiger partial charge in [-0.3, -0.25) is 4.79 Å². The number of hydrogen-bond acceptors (Lipinski definition) is 3. The van der Waals surface area contributed by atoms with Crippen molar-refractivity contribution < 1.29 is 14.7 Å². The molecule has 1 amide bonds. The maximum Gasteiger partial charge on any atom is 0.354 e. The van der Waals surface area contributed by atoms with Crippen LogP contribution in [0.1, 0.15) is 27.9 Å². The van der Waals surface area contributed by atoms with Gasteiger partial charge in [0.15, 0.2) is 11.4 Å². The number of carbonyl (C=O) groups is 2. The van der Waals surface area contributed by atoms with Crippen molar-refractivity contribution in [2.75, 3.05) is 13.6 Å². The minimum Gasteiger partial charge on any atom is -0.477 e. The van der Waals surface area contributed by atoms with Crippen molar-refractivity contribution in [2.24, 2.45) is 0 Å². The van der Waals surface area contributed by atoms with E-state index in [1.54, 1.807) is 14.0 Å². The van der Waals surface area contributed by atoms with Crippen LogP contribution in [-0.2, 0) is 0 Å². The van der Waals surface area contributed by atoms with Crippen LogP contribution in [0, 0.1) is 0 Å². The first-order chi connectivity index (χ1) is 6.57. The Bertz CT molecular complexity index is 358. The van der Waals surface area contributed by atoms with Crippen LogP contribution in [0.3, 0.4) is 0 Å². The van der Waals surface area contributed by atoms with E-state index in [1.807, 2.05) is 0 Å². The number of nitrogens with one attached hydrogen (secondary N) is 1. The van der Waals surface area contributed by atoms with E-state index in [-0.39, 0.29) is 11.4 Å². The van der Waals surface area contributed by atoms with E-state index in [0.29, 0.717) is 6.54 Å². The Morgan fingerprint density at radius 2 is 2.29 bits per heavy atom. The molecule has 76 valence electrons. The molecule has 6 heteroatoms. The Morgan fingerprint density at radius 3 is 2.79 bits per heavy atom. The summed E-state index contributed by atoms with van der Waals surface area (Å²) in [6.07, 6.45) is 1.19. The van der Waals surface area contributed by atoms with Gasteiger partial charge in [0.25, 0.3) is 5.91 Å². The Kier molecular flexibility index (Phi) is 2.85. The average molecular weight is 197 g/mol. The largest absolute Gasteiger partial charge is 0.477 e. The van der Waals surface area contributed by atoms with E-state index in [2.05, 4.69) is 9.97 Å². The summed E-state index contributed by atoms with van der Waals surface area (Å²) in [7, 11) is 1.59. The number of nitrogens with zero attached hydrogens (tertiary/aromatic N) is 2. The Hall–Kier alpha value is -1.85. The minimum absolute atomic E-state index is 0.0538. The second-order valence-corrected chi connectivity index (χ2v) is 2.75. The third kappa shape index (κ3) is 1.73. The number of carbonyl (C=O) groups excluding carboxylic acids is 1. The first-order valence-electron chi connectivity index (χ1n) is 4.10. The van der Waals surface area contributed by atoms with Crippen LogP contribution < -0.4 is 0 Å². The van der Waals surface area contributed by atoms with E-state index >= 15 is 0 Å². The monoisotopic (exact) mass is 197 g/mol. The summed E-state index contributed by atoms with van der Waals surface area (Å²) in [5, 5.41) is 8.72. The van der Waals surface area contributed by atoms with E-state index < -0.39 is 11.9 Å². The summed E-state index contributed by atoms with van der Waals surface area (Å²) in [5.41, 5.74) is -0.225. The Balaban J connectivity index is 3.01. The molecule has 0 bridgehead atoms. The summed E-state index contributed by atoms with van der Waals surface area (Å²) in [5.74, 6) is -1.58. The van der Waals surface area contributed by atoms with Gasteiger partial charge in [0.1, 0.15) is 0 Å². The average Bonchev–Trinajstić information content (AvgIpc) is 2.63. The van der Waals surface area contributed by atoms with E-state index in [0.717, 1.165) is 0 Å². The number of carboxylic acid groups (broad SMARTS) is 1. The highest BCUT2D eigenvalue weighted by Gasteiger charge is 2.21. The van der Waals surface area contributed by atoms with Gasteiger partial charge in [-0.2, -0.15) is 0 Å². The predicted octanol–water partition coefficient (Wildman–Crippen LogP) is 0.200. The van der Waals surface area contributed by atoms with E-state index in [9.17, 15) is 9.59 Å². The van der Waals surface area contributed by atoms with Crippen LogP contribution in [0.5, 0.6) is 0 Å². The van der Waals surface area contributed by atoms with Crippen molar-refractivity contribution in [1.29, 1.82) is 0 Å². The molecule has 0 atom stereocenters. The first-order valence-corrected chi connectivity index (χ1v) is 4.10. The molecule has 0 unspecified atom stereocenters. The SMILES string of the molecule is CCN(C)C(=O)c1nc[nH]c1C(=O)O. The molecule has 0 spiro atoms. The van der Waals surface area contributed by atoms with Crippen LogP contribution in [0.2, 0.25) is 0 Å². The highest BCUT2D eigenvalue weighted by atomic mass is 16.4. The first kappa shape index (κ1) is 10.2. The normalized spacial score (nSPS) is 9.86. The maximum atomic E-state index is 11.5. The van der Waals surface area contributed by atoms with Crippen LogP contribution in [0.15, 0.2) is 6.33 Å². The molecule has 1 aromatic rings. The summed E-state index contributed by atoms with van der Waals surface area (Å²) in [6.45, 7) is 2.30. The fourth-order valence-electron chi connectivity index (χ4n) is 0.944. The number of amides is 1. The molecule has 0 saturated carbocycles. The lowest BCUT2D eigenvalue weighted by molar-refractivity contribution is 0.0676. The topological polar surface area (TPSA) is 86.3 Å². The van der Waals surface area contributed by atoms with E-state index in [1.165, 1.54) is 11.2 Å². The van der Waals surface area contributed by atoms with Crippen LogP contribution in [0.4, 0.5) is 0 Å². The van der Waals surface area contributed by atoms with Crippen LogP contribution >= 0.6 is 0 Å². The third-order valence-corrected chi connectivity index (χ3v) is 1.88.